The van der Waals surface area contributed by atoms with Gasteiger partial charge in [-0.1, -0.05) is 29.8 Å². The lowest BCUT2D eigenvalue weighted by molar-refractivity contribution is -0.137. The summed E-state index contributed by atoms with van der Waals surface area (Å²) in [7, 11) is 1.56. The van der Waals surface area contributed by atoms with Crippen LogP contribution in [0.1, 0.15) is 29.8 Å². The highest BCUT2D eigenvalue weighted by Crippen LogP contribution is 2.22. The summed E-state index contributed by atoms with van der Waals surface area (Å²) in [6.45, 7) is 3.51. The molecule has 0 aliphatic rings. The Hall–Kier alpha value is -2.67. The van der Waals surface area contributed by atoms with Gasteiger partial charge in [-0.2, -0.15) is 5.10 Å². The SMILES string of the molecule is COc1ccc(C(=O)N/N=C\c2cc(Br)ccc2OC(=O)C(C)C)cc1. The van der Waals surface area contributed by atoms with Crippen LogP contribution in [0.2, 0.25) is 0 Å². The van der Waals surface area contributed by atoms with Gasteiger partial charge < -0.3 is 9.47 Å². The molecule has 26 heavy (non-hydrogen) atoms. The monoisotopic (exact) mass is 418 g/mol. The number of nitrogens with one attached hydrogen (secondary N) is 1. The first-order chi connectivity index (χ1) is 12.4. The van der Waals surface area contributed by atoms with Crippen LogP contribution in [0.4, 0.5) is 0 Å². The molecule has 2 aromatic rings. The van der Waals surface area contributed by atoms with Crippen LogP contribution in [0.5, 0.6) is 11.5 Å². The van der Waals surface area contributed by atoms with E-state index in [1.165, 1.54) is 6.21 Å². The van der Waals surface area contributed by atoms with Crippen molar-refractivity contribution in [3.8, 4) is 11.5 Å². The first-order valence-corrected chi connectivity index (χ1v) is 8.68. The average molecular weight is 419 g/mol. The van der Waals surface area contributed by atoms with E-state index in [1.807, 2.05) is 0 Å². The largest absolute Gasteiger partial charge is 0.497 e. The molecule has 136 valence electrons. The van der Waals surface area contributed by atoms with Gasteiger partial charge in [-0.15, -0.1) is 0 Å². The molecule has 1 N–H and O–H groups in total. The molecule has 0 spiro atoms. The topological polar surface area (TPSA) is 77.0 Å². The van der Waals surface area contributed by atoms with E-state index < -0.39 is 0 Å². The number of carbonyl (C=O) groups is 2. The molecule has 0 heterocycles. The maximum absolute atomic E-state index is 12.1. The maximum atomic E-state index is 12.1. The molecule has 2 aromatic carbocycles. The van der Waals surface area contributed by atoms with Crippen molar-refractivity contribution < 1.29 is 19.1 Å². The zero-order valence-electron chi connectivity index (χ0n) is 14.7. The fourth-order valence-corrected chi connectivity index (χ4v) is 2.29. The van der Waals surface area contributed by atoms with Crippen molar-refractivity contribution in [3.05, 3.63) is 58.1 Å². The molecule has 0 aliphatic carbocycles. The van der Waals surface area contributed by atoms with Crippen LogP contribution >= 0.6 is 15.9 Å². The number of benzene rings is 2. The summed E-state index contributed by atoms with van der Waals surface area (Å²) in [4.78, 5) is 23.9. The molecule has 0 unspecified atom stereocenters. The summed E-state index contributed by atoms with van der Waals surface area (Å²) < 4.78 is 11.2. The van der Waals surface area contributed by atoms with E-state index in [-0.39, 0.29) is 17.8 Å². The second-order valence-electron chi connectivity index (χ2n) is 5.69. The smallest absolute Gasteiger partial charge is 0.313 e. The predicted molar refractivity (Wildman–Crippen MR) is 103 cm³/mol. The number of methoxy groups -OCH3 is 1. The van der Waals surface area contributed by atoms with Crippen molar-refractivity contribution in [1.29, 1.82) is 0 Å². The molecular formula is C19H19BrN2O4. The van der Waals surface area contributed by atoms with E-state index in [4.69, 9.17) is 9.47 Å². The van der Waals surface area contributed by atoms with Crippen molar-refractivity contribution >= 4 is 34.0 Å². The molecule has 0 saturated heterocycles. The number of rotatable bonds is 6. The van der Waals surface area contributed by atoms with Crippen molar-refractivity contribution in [1.82, 2.24) is 5.43 Å². The highest BCUT2D eigenvalue weighted by Gasteiger charge is 2.12. The molecule has 0 atom stereocenters. The summed E-state index contributed by atoms with van der Waals surface area (Å²) in [5.41, 5.74) is 3.45. The third kappa shape index (κ3) is 5.42. The van der Waals surface area contributed by atoms with Crippen LogP contribution in [0.25, 0.3) is 0 Å². The number of halogens is 1. The fourth-order valence-electron chi connectivity index (χ4n) is 1.91. The van der Waals surface area contributed by atoms with E-state index in [9.17, 15) is 9.59 Å². The molecule has 0 fully saturated rings. The molecule has 7 heteroatoms. The summed E-state index contributed by atoms with van der Waals surface area (Å²) >= 11 is 3.36. The predicted octanol–water partition coefficient (Wildman–Crippen LogP) is 3.78. The van der Waals surface area contributed by atoms with Crippen LogP contribution in [0.15, 0.2) is 52.0 Å². The van der Waals surface area contributed by atoms with Gasteiger partial charge in [0.1, 0.15) is 11.5 Å². The molecule has 6 nitrogen and oxygen atoms in total. The number of amides is 1. The number of nitrogens with zero attached hydrogens (tertiary/aromatic N) is 1. The van der Waals surface area contributed by atoms with Crippen LogP contribution < -0.4 is 14.9 Å². The minimum absolute atomic E-state index is 0.252. The Morgan fingerprint density at radius 1 is 1.15 bits per heavy atom. The van der Waals surface area contributed by atoms with Gasteiger partial charge in [0, 0.05) is 15.6 Å². The Balaban J connectivity index is 2.10. The van der Waals surface area contributed by atoms with Crippen LogP contribution in [0.3, 0.4) is 0 Å². The second kappa shape index (κ2) is 9.15. The summed E-state index contributed by atoms with van der Waals surface area (Å²) in [6, 6.07) is 11.8. The normalized spacial score (nSPS) is 10.8. The molecule has 0 aliphatic heterocycles. The van der Waals surface area contributed by atoms with Crippen molar-refractivity contribution in [2.24, 2.45) is 11.0 Å². The van der Waals surface area contributed by atoms with E-state index in [0.717, 1.165) is 4.47 Å². The molecule has 1 amide bonds. The number of carbonyl (C=O) groups excluding carboxylic acids is 2. The summed E-state index contributed by atoms with van der Waals surface area (Å²) in [5.74, 6) is 0.0761. The van der Waals surface area contributed by atoms with Crippen LogP contribution in [-0.2, 0) is 4.79 Å². The second-order valence-corrected chi connectivity index (χ2v) is 6.60. The lowest BCUT2D eigenvalue weighted by Crippen LogP contribution is -2.18. The molecular weight excluding hydrogens is 400 g/mol. The van der Waals surface area contributed by atoms with Crippen molar-refractivity contribution in [3.63, 3.8) is 0 Å². The first-order valence-electron chi connectivity index (χ1n) is 7.89. The number of ether oxygens (including phenoxy) is 2. The van der Waals surface area contributed by atoms with E-state index in [1.54, 1.807) is 63.4 Å². The molecule has 0 aromatic heterocycles. The van der Waals surface area contributed by atoms with E-state index >= 15 is 0 Å². The zero-order valence-corrected chi connectivity index (χ0v) is 16.2. The van der Waals surface area contributed by atoms with Gasteiger partial charge in [0.15, 0.2) is 0 Å². The quantitative estimate of drug-likeness (QED) is 0.335. The fraction of sp³-hybridized carbons (Fsp3) is 0.211. The average Bonchev–Trinajstić information content (AvgIpc) is 2.63. The Morgan fingerprint density at radius 3 is 2.46 bits per heavy atom. The first kappa shape index (κ1) is 19.7. The lowest BCUT2D eigenvalue weighted by atomic mass is 10.2. The third-order valence-corrected chi connectivity index (χ3v) is 3.87. The van der Waals surface area contributed by atoms with E-state index in [0.29, 0.717) is 22.6 Å². The van der Waals surface area contributed by atoms with Gasteiger partial charge in [0.25, 0.3) is 5.91 Å². The molecule has 0 bridgehead atoms. The third-order valence-electron chi connectivity index (χ3n) is 3.38. The zero-order chi connectivity index (χ0) is 19.1. The number of hydrogen-bond acceptors (Lipinski definition) is 5. The minimum Gasteiger partial charge on any atom is -0.497 e. The Morgan fingerprint density at radius 2 is 1.85 bits per heavy atom. The van der Waals surface area contributed by atoms with Crippen LogP contribution in [-0.4, -0.2) is 25.2 Å². The summed E-state index contributed by atoms with van der Waals surface area (Å²) in [6.07, 6.45) is 1.43. The number of esters is 1. The Labute approximate surface area is 160 Å². The highest BCUT2D eigenvalue weighted by atomic mass is 79.9. The van der Waals surface area contributed by atoms with Gasteiger partial charge in [-0.3, -0.25) is 9.59 Å². The lowest BCUT2D eigenvalue weighted by Gasteiger charge is -2.09. The number of hydrazone groups is 1. The maximum Gasteiger partial charge on any atom is 0.313 e. The van der Waals surface area contributed by atoms with Gasteiger partial charge >= 0.3 is 5.97 Å². The van der Waals surface area contributed by atoms with Gasteiger partial charge in [-0.05, 0) is 42.5 Å². The standard InChI is InChI=1S/C19H19BrN2O4/c1-12(2)19(24)26-17-9-6-15(20)10-14(17)11-21-22-18(23)13-4-7-16(25-3)8-5-13/h4-12H,1-3H3,(H,22,23)/b21-11-. The van der Waals surface area contributed by atoms with Crippen molar-refractivity contribution in [2.75, 3.05) is 7.11 Å². The molecule has 0 saturated carbocycles. The van der Waals surface area contributed by atoms with Crippen molar-refractivity contribution in [2.45, 2.75) is 13.8 Å². The van der Waals surface area contributed by atoms with Gasteiger partial charge in [0.05, 0.1) is 19.2 Å². The Bertz CT molecular complexity index is 817. The Kier molecular flexibility index (Phi) is 6.91. The minimum atomic E-state index is -0.361. The summed E-state index contributed by atoms with van der Waals surface area (Å²) in [5, 5.41) is 3.95. The number of hydrogen-bond donors (Lipinski definition) is 1. The van der Waals surface area contributed by atoms with Gasteiger partial charge in [0.2, 0.25) is 0 Å². The van der Waals surface area contributed by atoms with Crippen LogP contribution in [0, 0.1) is 5.92 Å². The highest BCUT2D eigenvalue weighted by molar-refractivity contribution is 9.10. The molecule has 0 radical (unpaired) electrons. The molecule has 2 rings (SSSR count). The van der Waals surface area contributed by atoms with E-state index in [2.05, 4.69) is 26.5 Å². The van der Waals surface area contributed by atoms with Gasteiger partial charge in [-0.25, -0.2) is 5.43 Å².